The minimum atomic E-state index is -1.52. The van der Waals surface area contributed by atoms with Crippen LogP contribution in [-0.4, -0.2) is 103 Å². The third-order valence-electron chi connectivity index (χ3n) is 4.99. The summed E-state index contributed by atoms with van der Waals surface area (Å²) in [4.78, 5) is 0. The molecular weight excluding hydrogens is 312 g/mol. The standard InChI is InChI=1S/C14H26O9/c15-3-5-2-8(11(20)12(21)9(5)18)23-14-6(4-16)1-7(17)10(19)13(14)22/h5-22H,1-4H2. The molecule has 0 aliphatic heterocycles. The van der Waals surface area contributed by atoms with Crippen LogP contribution in [0.25, 0.3) is 0 Å². The van der Waals surface area contributed by atoms with Crippen LogP contribution in [-0.2, 0) is 4.74 Å². The van der Waals surface area contributed by atoms with Gasteiger partial charge < -0.3 is 45.6 Å². The fourth-order valence-corrected chi connectivity index (χ4v) is 3.45. The number of aliphatic hydroxyl groups excluding tert-OH is 8. The summed E-state index contributed by atoms with van der Waals surface area (Å²) in [5.41, 5.74) is 0. The highest BCUT2D eigenvalue weighted by atomic mass is 16.5. The van der Waals surface area contributed by atoms with E-state index >= 15 is 0 Å². The van der Waals surface area contributed by atoms with Crippen LogP contribution in [0.2, 0.25) is 0 Å². The van der Waals surface area contributed by atoms with Gasteiger partial charge in [0.05, 0.1) is 24.4 Å². The van der Waals surface area contributed by atoms with Crippen LogP contribution in [0.15, 0.2) is 0 Å². The molecule has 0 aromatic heterocycles. The van der Waals surface area contributed by atoms with Gasteiger partial charge in [-0.3, -0.25) is 0 Å². The van der Waals surface area contributed by atoms with Crippen LogP contribution < -0.4 is 0 Å². The molecule has 9 nitrogen and oxygen atoms in total. The van der Waals surface area contributed by atoms with Crippen LogP contribution in [0.3, 0.4) is 0 Å². The first-order chi connectivity index (χ1) is 10.8. The lowest BCUT2D eigenvalue weighted by molar-refractivity contribution is -0.237. The lowest BCUT2D eigenvalue weighted by atomic mass is 9.79. The second kappa shape index (κ2) is 7.68. The molecule has 2 rings (SSSR count). The maximum atomic E-state index is 10.1. The molecule has 10 unspecified atom stereocenters. The molecule has 0 saturated heterocycles. The van der Waals surface area contributed by atoms with Crippen molar-refractivity contribution >= 4 is 0 Å². The van der Waals surface area contributed by atoms with Gasteiger partial charge in [0.15, 0.2) is 0 Å². The topological polar surface area (TPSA) is 171 Å². The van der Waals surface area contributed by atoms with Gasteiger partial charge in [-0.2, -0.15) is 0 Å². The Balaban J connectivity index is 2.11. The molecular formula is C14H26O9. The van der Waals surface area contributed by atoms with E-state index in [1.54, 1.807) is 0 Å². The Kier molecular flexibility index (Phi) is 6.34. The smallest absolute Gasteiger partial charge is 0.109 e. The van der Waals surface area contributed by atoms with Crippen LogP contribution in [0.4, 0.5) is 0 Å². The molecule has 23 heavy (non-hydrogen) atoms. The fraction of sp³-hybridized carbons (Fsp3) is 1.00. The van der Waals surface area contributed by atoms with E-state index in [1.807, 2.05) is 0 Å². The van der Waals surface area contributed by atoms with Gasteiger partial charge in [-0.1, -0.05) is 0 Å². The quantitative estimate of drug-likeness (QED) is 0.254. The van der Waals surface area contributed by atoms with E-state index in [1.165, 1.54) is 0 Å². The molecule has 2 saturated carbocycles. The molecule has 0 heterocycles. The molecule has 2 fully saturated rings. The molecule has 9 heteroatoms. The molecule has 2 aliphatic carbocycles. The Morgan fingerprint density at radius 1 is 0.652 bits per heavy atom. The number of hydrogen-bond donors (Lipinski definition) is 8. The summed E-state index contributed by atoms with van der Waals surface area (Å²) in [5, 5.41) is 77.8. The Labute approximate surface area is 133 Å². The van der Waals surface area contributed by atoms with Gasteiger partial charge in [0, 0.05) is 25.0 Å². The van der Waals surface area contributed by atoms with Crippen molar-refractivity contribution in [1.29, 1.82) is 0 Å². The van der Waals surface area contributed by atoms with Crippen molar-refractivity contribution in [3.8, 4) is 0 Å². The van der Waals surface area contributed by atoms with Crippen molar-refractivity contribution in [2.24, 2.45) is 11.8 Å². The van der Waals surface area contributed by atoms with E-state index < -0.39 is 73.9 Å². The van der Waals surface area contributed by atoms with Gasteiger partial charge >= 0.3 is 0 Å². The van der Waals surface area contributed by atoms with Crippen molar-refractivity contribution in [2.45, 2.75) is 61.7 Å². The summed E-state index contributed by atoms with van der Waals surface area (Å²) in [6.07, 6.45) is -10.4. The summed E-state index contributed by atoms with van der Waals surface area (Å²) >= 11 is 0. The SMILES string of the molecule is OCC1CC(OC2C(CO)CC(O)C(O)C2O)C(O)C(O)C1O. The van der Waals surface area contributed by atoms with Gasteiger partial charge in [-0.05, 0) is 12.8 Å². The zero-order chi connectivity index (χ0) is 17.3. The molecule has 0 amide bonds. The Morgan fingerprint density at radius 3 is 1.83 bits per heavy atom. The minimum absolute atomic E-state index is 0.0107. The molecule has 10 atom stereocenters. The zero-order valence-corrected chi connectivity index (χ0v) is 12.6. The monoisotopic (exact) mass is 338 g/mol. The van der Waals surface area contributed by atoms with Gasteiger partial charge in [0.2, 0.25) is 0 Å². The third kappa shape index (κ3) is 3.68. The minimum Gasteiger partial charge on any atom is -0.396 e. The van der Waals surface area contributed by atoms with Gasteiger partial charge in [-0.25, -0.2) is 0 Å². The van der Waals surface area contributed by atoms with E-state index in [-0.39, 0.29) is 12.8 Å². The zero-order valence-electron chi connectivity index (χ0n) is 12.6. The molecule has 2 aliphatic rings. The Hall–Kier alpha value is -0.360. The number of ether oxygens (including phenoxy) is 1. The molecule has 0 bridgehead atoms. The predicted molar refractivity (Wildman–Crippen MR) is 75.1 cm³/mol. The van der Waals surface area contributed by atoms with E-state index in [9.17, 15) is 40.9 Å². The summed E-state index contributed by atoms with van der Waals surface area (Å²) in [6, 6.07) is 0. The van der Waals surface area contributed by atoms with Crippen LogP contribution >= 0.6 is 0 Å². The maximum Gasteiger partial charge on any atom is 0.109 e. The molecule has 0 aromatic rings. The first-order valence-corrected chi connectivity index (χ1v) is 7.77. The van der Waals surface area contributed by atoms with E-state index in [0.717, 1.165) is 0 Å². The van der Waals surface area contributed by atoms with Crippen LogP contribution in [0.5, 0.6) is 0 Å². The predicted octanol–water partition coefficient (Wildman–Crippen LogP) is -4.07. The highest BCUT2D eigenvalue weighted by Gasteiger charge is 2.48. The van der Waals surface area contributed by atoms with E-state index in [2.05, 4.69) is 0 Å². The average Bonchev–Trinajstić information content (AvgIpc) is 2.55. The van der Waals surface area contributed by atoms with E-state index in [4.69, 9.17) is 4.74 Å². The van der Waals surface area contributed by atoms with Crippen LogP contribution in [0.1, 0.15) is 12.8 Å². The van der Waals surface area contributed by atoms with Crippen LogP contribution in [0, 0.1) is 11.8 Å². The largest absolute Gasteiger partial charge is 0.396 e. The normalized spacial score (nSPS) is 51.7. The van der Waals surface area contributed by atoms with Gasteiger partial charge in [-0.15, -0.1) is 0 Å². The third-order valence-corrected chi connectivity index (χ3v) is 4.99. The fourth-order valence-electron chi connectivity index (χ4n) is 3.45. The van der Waals surface area contributed by atoms with Crippen molar-refractivity contribution in [3.05, 3.63) is 0 Å². The molecule has 8 N–H and O–H groups in total. The van der Waals surface area contributed by atoms with Gasteiger partial charge in [0.25, 0.3) is 0 Å². The summed E-state index contributed by atoms with van der Waals surface area (Å²) in [7, 11) is 0. The molecule has 0 aromatic carbocycles. The lowest BCUT2D eigenvalue weighted by Gasteiger charge is -2.45. The first-order valence-electron chi connectivity index (χ1n) is 7.77. The molecule has 0 radical (unpaired) electrons. The summed E-state index contributed by atoms with van der Waals surface area (Å²) in [5.74, 6) is -1.37. The molecule has 0 spiro atoms. The lowest BCUT2D eigenvalue weighted by Crippen LogP contribution is -2.60. The first kappa shape index (κ1) is 19.0. The second-order valence-corrected chi connectivity index (χ2v) is 6.52. The van der Waals surface area contributed by atoms with E-state index in [0.29, 0.717) is 0 Å². The van der Waals surface area contributed by atoms with Crippen molar-refractivity contribution in [3.63, 3.8) is 0 Å². The highest BCUT2D eigenvalue weighted by Crippen LogP contribution is 2.33. The highest BCUT2D eigenvalue weighted by molar-refractivity contribution is 4.97. The van der Waals surface area contributed by atoms with Crippen molar-refractivity contribution < 1.29 is 45.6 Å². The maximum absolute atomic E-state index is 10.1. The number of hydrogen-bond acceptors (Lipinski definition) is 9. The van der Waals surface area contributed by atoms with Gasteiger partial charge in [0.1, 0.15) is 24.4 Å². The molecule has 136 valence electrons. The Bertz CT molecular complexity index is 377. The second-order valence-electron chi connectivity index (χ2n) is 6.52. The summed E-state index contributed by atoms with van der Waals surface area (Å²) in [6.45, 7) is -0.814. The summed E-state index contributed by atoms with van der Waals surface area (Å²) < 4.78 is 5.62. The van der Waals surface area contributed by atoms with Crippen molar-refractivity contribution in [2.75, 3.05) is 13.2 Å². The Morgan fingerprint density at radius 2 is 1.26 bits per heavy atom. The average molecular weight is 338 g/mol. The number of rotatable bonds is 4. The number of aliphatic hydroxyl groups is 8. The van der Waals surface area contributed by atoms with Crippen molar-refractivity contribution in [1.82, 2.24) is 0 Å².